The van der Waals surface area contributed by atoms with E-state index >= 15 is 0 Å². The minimum Gasteiger partial charge on any atom is -0.496 e. The van der Waals surface area contributed by atoms with Gasteiger partial charge in [-0.3, -0.25) is 34.1 Å². The molecule has 0 atom stereocenters. The molecule has 0 aliphatic carbocycles. The van der Waals surface area contributed by atoms with Gasteiger partial charge in [-0.1, -0.05) is 6.07 Å². The third kappa shape index (κ3) is 7.10. The number of hydrogen-bond donors (Lipinski definition) is 1. The van der Waals surface area contributed by atoms with Crippen molar-refractivity contribution < 1.29 is 19.1 Å². The van der Waals surface area contributed by atoms with Crippen LogP contribution in [0.2, 0.25) is 0 Å². The summed E-state index contributed by atoms with van der Waals surface area (Å²) < 4.78 is 12.3. The van der Waals surface area contributed by atoms with Gasteiger partial charge in [0.2, 0.25) is 10.9 Å². The number of rotatable bonds is 8. The van der Waals surface area contributed by atoms with Crippen LogP contribution in [0.1, 0.15) is 54.4 Å². The molecule has 2 aromatic carbocycles. The van der Waals surface area contributed by atoms with Gasteiger partial charge >= 0.3 is 0 Å². The Morgan fingerprint density at radius 1 is 0.712 bits per heavy atom. The van der Waals surface area contributed by atoms with Gasteiger partial charge in [0.1, 0.15) is 22.5 Å². The minimum absolute atomic E-state index is 0.0794. The van der Waals surface area contributed by atoms with Crippen molar-refractivity contribution in [2.24, 2.45) is 0 Å². The Balaban J connectivity index is 0.000000187. The smallest absolute Gasteiger partial charge is 0.218 e. The van der Waals surface area contributed by atoms with Crippen LogP contribution in [0.25, 0.3) is 22.1 Å². The van der Waals surface area contributed by atoms with E-state index in [4.69, 9.17) is 9.47 Å². The van der Waals surface area contributed by atoms with E-state index in [1.807, 2.05) is 49.6 Å². The van der Waals surface area contributed by atoms with Crippen LogP contribution in [0.4, 0.5) is 0 Å². The number of aryl methyl sites for hydroxylation is 3. The predicted octanol–water partition coefficient (Wildman–Crippen LogP) is 6.17. The first kappa shape index (κ1) is 35.1. The van der Waals surface area contributed by atoms with E-state index in [2.05, 4.69) is 19.9 Å². The first-order valence-electron chi connectivity index (χ1n) is 16.4. The van der Waals surface area contributed by atoms with Crippen LogP contribution in [0, 0.1) is 20.8 Å². The van der Waals surface area contributed by atoms with Gasteiger partial charge in [-0.25, -0.2) is 0 Å². The maximum atomic E-state index is 13.2. The van der Waals surface area contributed by atoms with Gasteiger partial charge < -0.3 is 19.0 Å². The average Bonchev–Trinajstić information content (AvgIpc) is 3.16. The highest BCUT2D eigenvalue weighted by atomic mass is 16.5. The van der Waals surface area contributed by atoms with Crippen LogP contribution in [-0.4, -0.2) is 50.3 Å². The Bertz CT molecular complexity index is 2610. The average molecular weight is 694 g/mol. The maximum absolute atomic E-state index is 13.2. The summed E-state index contributed by atoms with van der Waals surface area (Å²) >= 11 is 0. The second-order valence-corrected chi connectivity index (χ2v) is 12.1. The predicted molar refractivity (Wildman–Crippen MR) is 199 cm³/mol. The summed E-state index contributed by atoms with van der Waals surface area (Å²) in [6.45, 7) is 6.06. The molecule has 0 bridgehead atoms. The van der Waals surface area contributed by atoms with Crippen molar-refractivity contribution in [3.05, 3.63) is 169 Å². The van der Waals surface area contributed by atoms with E-state index in [1.165, 1.54) is 12.4 Å². The Hall–Kier alpha value is -6.75. The quantitative estimate of drug-likeness (QED) is 0.185. The molecule has 0 spiro atoms. The van der Waals surface area contributed by atoms with Crippen molar-refractivity contribution in [1.82, 2.24) is 24.5 Å². The number of hydrogen-bond acceptors (Lipinski definition) is 9. The number of benzene rings is 2. The number of ketones is 2. The molecule has 52 heavy (non-hydrogen) atoms. The van der Waals surface area contributed by atoms with Crippen molar-refractivity contribution >= 4 is 33.6 Å². The number of H-pyrrole nitrogens is 1. The monoisotopic (exact) mass is 693 g/mol. The summed E-state index contributed by atoms with van der Waals surface area (Å²) in [7, 11) is 3.15. The van der Waals surface area contributed by atoms with E-state index in [0.717, 1.165) is 22.5 Å². The first-order chi connectivity index (χ1) is 25.1. The van der Waals surface area contributed by atoms with Crippen LogP contribution >= 0.6 is 0 Å². The number of fused-ring (bicyclic) bond motifs is 2. The standard InChI is InChI=1S/C24H21N3O3.C17H14N2O3/c1-15-12-17(9-10-21(15)30-3)23(28)19-14-27(13-18-7-4-6-16(2)26-18)20-8-5-11-25-22(20)24(19)29;1-10-8-11(5-6-14(10)22-2)16(20)12-9-19-13-4-3-7-18-15(13)17(12)21/h4-12,14H,13H2,1-3H3;3-9H,1-2H3,(H,19,21). The zero-order valence-corrected chi connectivity index (χ0v) is 29.3. The first-order valence-corrected chi connectivity index (χ1v) is 16.4. The number of carbonyl (C=O) groups is 2. The third-order valence-corrected chi connectivity index (χ3v) is 8.56. The van der Waals surface area contributed by atoms with Gasteiger partial charge in [-0.2, -0.15) is 0 Å². The second-order valence-electron chi connectivity index (χ2n) is 12.1. The van der Waals surface area contributed by atoms with E-state index in [9.17, 15) is 19.2 Å². The van der Waals surface area contributed by atoms with Crippen molar-refractivity contribution in [3.63, 3.8) is 0 Å². The maximum Gasteiger partial charge on any atom is 0.218 e. The van der Waals surface area contributed by atoms with Gasteiger partial charge in [-0.05, 0) is 105 Å². The second kappa shape index (κ2) is 15.0. The molecule has 0 unspecified atom stereocenters. The molecule has 11 heteroatoms. The molecule has 7 aromatic rings. The highest BCUT2D eigenvalue weighted by Crippen LogP contribution is 2.22. The topological polar surface area (TPSA) is 146 Å². The van der Waals surface area contributed by atoms with E-state index in [1.54, 1.807) is 81.2 Å². The fourth-order valence-electron chi connectivity index (χ4n) is 5.93. The molecule has 0 saturated carbocycles. The van der Waals surface area contributed by atoms with Crippen molar-refractivity contribution in [1.29, 1.82) is 0 Å². The molecule has 0 saturated heterocycles. The molecule has 1 N–H and O–H groups in total. The lowest BCUT2D eigenvalue weighted by Gasteiger charge is -2.13. The molecule has 0 aliphatic rings. The molecular formula is C41H35N5O6. The van der Waals surface area contributed by atoms with Crippen molar-refractivity contribution in [2.45, 2.75) is 27.3 Å². The molecule has 5 heterocycles. The van der Waals surface area contributed by atoms with Gasteiger partial charge in [-0.15, -0.1) is 0 Å². The number of aromatic amines is 1. The summed E-state index contributed by atoms with van der Waals surface area (Å²) in [5.41, 5.74) is 5.49. The molecule has 7 rings (SSSR count). The van der Waals surface area contributed by atoms with Gasteiger partial charge in [0.25, 0.3) is 0 Å². The molecule has 11 nitrogen and oxygen atoms in total. The number of pyridine rings is 5. The zero-order valence-electron chi connectivity index (χ0n) is 29.3. The van der Waals surface area contributed by atoms with Crippen LogP contribution in [0.3, 0.4) is 0 Å². The summed E-state index contributed by atoms with van der Waals surface area (Å²) in [4.78, 5) is 67.1. The Labute approximate surface area is 298 Å². The number of aromatic nitrogens is 5. The number of nitrogens with one attached hydrogen (secondary N) is 1. The molecule has 5 aromatic heterocycles. The lowest BCUT2D eigenvalue weighted by Crippen LogP contribution is -2.21. The van der Waals surface area contributed by atoms with Crippen LogP contribution < -0.4 is 20.3 Å². The third-order valence-electron chi connectivity index (χ3n) is 8.56. The molecule has 260 valence electrons. The number of nitrogens with zero attached hydrogens (tertiary/aromatic N) is 4. The van der Waals surface area contributed by atoms with Gasteiger partial charge in [0, 0.05) is 41.6 Å². The Morgan fingerprint density at radius 3 is 1.92 bits per heavy atom. The summed E-state index contributed by atoms with van der Waals surface area (Å²) in [6.07, 6.45) is 6.14. The minimum atomic E-state index is -0.377. The number of methoxy groups -OCH3 is 2. The van der Waals surface area contributed by atoms with Crippen LogP contribution in [-0.2, 0) is 6.54 Å². The molecule has 0 amide bonds. The molecule has 0 radical (unpaired) electrons. The molecular weight excluding hydrogens is 658 g/mol. The summed E-state index contributed by atoms with van der Waals surface area (Å²) in [5, 5.41) is 0. The van der Waals surface area contributed by atoms with E-state index in [0.29, 0.717) is 40.2 Å². The summed E-state index contributed by atoms with van der Waals surface area (Å²) in [5.74, 6) is 0.712. The SMILES string of the molecule is COc1ccc(C(=O)c2c[nH]c3cccnc3c2=O)cc1C.COc1ccc(C(=O)c2cn(Cc3cccc(C)n3)c3cccnc3c2=O)cc1C. The molecule has 0 aliphatic heterocycles. The van der Waals surface area contributed by atoms with Crippen LogP contribution in [0.15, 0.2) is 113 Å². The normalized spacial score (nSPS) is 10.8. The molecule has 0 fully saturated rings. The van der Waals surface area contributed by atoms with E-state index in [-0.39, 0.29) is 44.6 Å². The fraction of sp³-hybridized carbons (Fsp3) is 0.146. The van der Waals surface area contributed by atoms with Gasteiger partial charge in [0.05, 0.1) is 48.6 Å². The van der Waals surface area contributed by atoms with E-state index < -0.39 is 0 Å². The van der Waals surface area contributed by atoms with Gasteiger partial charge in [0.15, 0.2) is 11.6 Å². The largest absolute Gasteiger partial charge is 0.496 e. The summed E-state index contributed by atoms with van der Waals surface area (Å²) in [6, 6.07) is 23.1. The highest BCUT2D eigenvalue weighted by molar-refractivity contribution is 6.10. The number of ether oxygens (including phenoxy) is 2. The fourth-order valence-corrected chi connectivity index (χ4v) is 5.93. The lowest BCUT2D eigenvalue weighted by molar-refractivity contribution is 0.102. The Kier molecular flexibility index (Phi) is 10.1. The Morgan fingerprint density at radius 2 is 1.31 bits per heavy atom. The van der Waals surface area contributed by atoms with Crippen molar-refractivity contribution in [2.75, 3.05) is 14.2 Å². The lowest BCUT2D eigenvalue weighted by atomic mass is 10.0. The zero-order chi connectivity index (χ0) is 36.9. The highest BCUT2D eigenvalue weighted by Gasteiger charge is 2.20. The van der Waals surface area contributed by atoms with Crippen molar-refractivity contribution in [3.8, 4) is 11.5 Å². The number of carbonyl (C=O) groups excluding carboxylic acids is 2. The van der Waals surface area contributed by atoms with Crippen LogP contribution in [0.5, 0.6) is 11.5 Å².